The van der Waals surface area contributed by atoms with Gasteiger partial charge in [-0.2, -0.15) is 0 Å². The predicted molar refractivity (Wildman–Crippen MR) is 56.6 cm³/mol. The molecule has 0 atom stereocenters. The molecule has 0 unspecified atom stereocenters. The van der Waals surface area contributed by atoms with E-state index in [1.54, 1.807) is 11.3 Å². The minimum atomic E-state index is 0.482. The number of halogens is 1. The molecule has 1 nitrogen and oxygen atoms in total. The molecule has 0 amide bonds. The molecule has 0 aliphatic carbocycles. The van der Waals surface area contributed by atoms with Crippen LogP contribution in [0.25, 0.3) is 10.1 Å². The van der Waals surface area contributed by atoms with Gasteiger partial charge in [0.25, 0.3) is 0 Å². The second kappa shape index (κ2) is 3.48. The van der Waals surface area contributed by atoms with Crippen molar-refractivity contribution in [3.63, 3.8) is 0 Å². The first kappa shape index (κ1) is 8.73. The maximum absolute atomic E-state index is 10.3. The van der Waals surface area contributed by atoms with E-state index in [0.717, 1.165) is 26.3 Å². The van der Waals surface area contributed by atoms with Crippen LogP contribution in [0.15, 0.2) is 24.3 Å². The summed E-state index contributed by atoms with van der Waals surface area (Å²) in [7, 11) is 0. The molecule has 1 aromatic carbocycles. The summed E-state index contributed by atoms with van der Waals surface area (Å²) >= 11 is 7.58. The average Bonchev–Trinajstić information content (AvgIpc) is 2.49. The molecule has 3 heteroatoms. The number of rotatable bonds is 2. The lowest BCUT2D eigenvalue weighted by molar-refractivity contribution is -0.107. The Balaban J connectivity index is 2.61. The third kappa shape index (κ3) is 1.60. The summed E-state index contributed by atoms with van der Waals surface area (Å²) in [6.45, 7) is 0. The topological polar surface area (TPSA) is 17.1 Å². The monoisotopic (exact) mass is 210 g/mol. The van der Waals surface area contributed by atoms with Gasteiger partial charge >= 0.3 is 0 Å². The number of aldehydes is 1. The van der Waals surface area contributed by atoms with Gasteiger partial charge in [0.15, 0.2) is 0 Å². The predicted octanol–water partition coefficient (Wildman–Crippen LogP) is 3.30. The highest BCUT2D eigenvalue weighted by Crippen LogP contribution is 2.31. The molecule has 0 saturated carbocycles. The van der Waals surface area contributed by atoms with E-state index >= 15 is 0 Å². The van der Waals surface area contributed by atoms with Gasteiger partial charge in [-0.05, 0) is 17.5 Å². The van der Waals surface area contributed by atoms with Crippen LogP contribution in [0, 0.1) is 0 Å². The number of hydrogen-bond donors (Lipinski definition) is 0. The number of thiophene rings is 1. The van der Waals surface area contributed by atoms with Crippen molar-refractivity contribution >= 4 is 39.3 Å². The molecule has 2 aromatic rings. The van der Waals surface area contributed by atoms with Crippen molar-refractivity contribution in [2.45, 2.75) is 6.42 Å². The Hall–Kier alpha value is -0.860. The van der Waals surface area contributed by atoms with E-state index < -0.39 is 0 Å². The zero-order chi connectivity index (χ0) is 9.26. The van der Waals surface area contributed by atoms with Crippen LogP contribution in [0.5, 0.6) is 0 Å². The van der Waals surface area contributed by atoms with Crippen LogP contribution in [0.3, 0.4) is 0 Å². The van der Waals surface area contributed by atoms with Gasteiger partial charge in [-0.15, -0.1) is 11.3 Å². The van der Waals surface area contributed by atoms with Crippen LogP contribution in [-0.2, 0) is 11.2 Å². The maximum atomic E-state index is 10.3. The summed E-state index contributed by atoms with van der Waals surface area (Å²) in [6.07, 6.45) is 1.40. The minimum Gasteiger partial charge on any atom is -0.303 e. The fourth-order valence-electron chi connectivity index (χ4n) is 1.26. The van der Waals surface area contributed by atoms with Crippen LogP contribution in [0.2, 0.25) is 5.02 Å². The van der Waals surface area contributed by atoms with E-state index in [1.807, 2.05) is 24.3 Å². The molecule has 13 heavy (non-hydrogen) atoms. The Morgan fingerprint density at radius 3 is 3.00 bits per heavy atom. The third-order valence-corrected chi connectivity index (χ3v) is 3.47. The van der Waals surface area contributed by atoms with Gasteiger partial charge in [-0.3, -0.25) is 0 Å². The molecule has 0 fully saturated rings. The standard InChI is InChI=1S/C10H7ClOS/c11-9-3-1-2-7-6-8(4-5-12)13-10(7)9/h1-3,5-6H,4H2. The Labute approximate surface area is 84.9 Å². The highest BCUT2D eigenvalue weighted by atomic mass is 35.5. The number of hydrogen-bond acceptors (Lipinski definition) is 2. The van der Waals surface area contributed by atoms with Crippen molar-refractivity contribution in [2.24, 2.45) is 0 Å². The van der Waals surface area contributed by atoms with Crippen molar-refractivity contribution in [1.82, 2.24) is 0 Å². The van der Waals surface area contributed by atoms with Gasteiger partial charge in [0.1, 0.15) is 6.29 Å². The summed E-state index contributed by atoms with van der Waals surface area (Å²) in [4.78, 5) is 11.4. The van der Waals surface area contributed by atoms with E-state index in [9.17, 15) is 4.79 Å². The first-order valence-corrected chi connectivity index (χ1v) is 5.11. The number of fused-ring (bicyclic) bond motifs is 1. The SMILES string of the molecule is O=CCc1cc2cccc(Cl)c2s1. The van der Waals surface area contributed by atoms with E-state index in [1.165, 1.54) is 0 Å². The van der Waals surface area contributed by atoms with E-state index in [-0.39, 0.29) is 0 Å². The van der Waals surface area contributed by atoms with Crippen molar-refractivity contribution in [3.05, 3.63) is 34.2 Å². The lowest BCUT2D eigenvalue weighted by atomic mass is 10.2. The fourth-order valence-corrected chi connectivity index (χ4v) is 2.57. The van der Waals surface area contributed by atoms with Crippen molar-refractivity contribution in [1.29, 1.82) is 0 Å². The van der Waals surface area contributed by atoms with Crippen LogP contribution in [0.1, 0.15) is 4.88 Å². The fraction of sp³-hybridized carbons (Fsp3) is 0.100. The van der Waals surface area contributed by atoms with Crippen molar-refractivity contribution in [3.8, 4) is 0 Å². The lowest BCUT2D eigenvalue weighted by Crippen LogP contribution is -1.76. The highest BCUT2D eigenvalue weighted by Gasteiger charge is 2.03. The molecule has 2 rings (SSSR count). The summed E-state index contributed by atoms with van der Waals surface area (Å²) in [5, 5.41) is 1.88. The van der Waals surface area contributed by atoms with Gasteiger partial charge in [0.2, 0.25) is 0 Å². The minimum absolute atomic E-state index is 0.482. The highest BCUT2D eigenvalue weighted by molar-refractivity contribution is 7.19. The second-order valence-electron chi connectivity index (χ2n) is 2.74. The average molecular weight is 211 g/mol. The van der Waals surface area contributed by atoms with Gasteiger partial charge < -0.3 is 4.79 Å². The first-order chi connectivity index (χ1) is 6.31. The number of carbonyl (C=O) groups is 1. The zero-order valence-electron chi connectivity index (χ0n) is 6.79. The molecule has 1 aromatic heterocycles. The largest absolute Gasteiger partial charge is 0.303 e. The second-order valence-corrected chi connectivity index (χ2v) is 4.29. The van der Waals surface area contributed by atoms with Gasteiger partial charge in [0, 0.05) is 11.3 Å². The van der Waals surface area contributed by atoms with Gasteiger partial charge in [-0.1, -0.05) is 23.7 Å². The summed E-state index contributed by atoms with van der Waals surface area (Å²) < 4.78 is 1.07. The molecule has 0 spiro atoms. The molecule has 0 aliphatic heterocycles. The molecule has 0 N–H and O–H groups in total. The normalized spacial score (nSPS) is 10.5. The van der Waals surface area contributed by atoms with Gasteiger partial charge in [0.05, 0.1) is 9.72 Å². The first-order valence-electron chi connectivity index (χ1n) is 3.92. The number of carbonyl (C=O) groups excluding carboxylic acids is 1. The molecule has 0 bridgehead atoms. The summed E-state index contributed by atoms with van der Waals surface area (Å²) in [6, 6.07) is 7.81. The molecular formula is C10H7ClOS. The molecule has 66 valence electrons. The quantitative estimate of drug-likeness (QED) is 0.696. The molecule has 1 heterocycles. The molecule has 0 saturated heterocycles. The van der Waals surface area contributed by atoms with Crippen LogP contribution < -0.4 is 0 Å². The van der Waals surface area contributed by atoms with E-state index in [2.05, 4.69) is 0 Å². The van der Waals surface area contributed by atoms with Crippen LogP contribution in [0.4, 0.5) is 0 Å². The molecular weight excluding hydrogens is 204 g/mol. The van der Waals surface area contributed by atoms with E-state index in [0.29, 0.717) is 6.42 Å². The summed E-state index contributed by atoms with van der Waals surface area (Å²) in [5.74, 6) is 0. The lowest BCUT2D eigenvalue weighted by Gasteiger charge is -1.89. The van der Waals surface area contributed by atoms with Crippen LogP contribution >= 0.6 is 22.9 Å². The maximum Gasteiger partial charge on any atom is 0.125 e. The van der Waals surface area contributed by atoms with Crippen LogP contribution in [-0.4, -0.2) is 6.29 Å². The summed E-state index contributed by atoms with van der Waals surface area (Å²) in [5.41, 5.74) is 0. The Kier molecular flexibility index (Phi) is 2.34. The Bertz CT molecular complexity index is 447. The van der Waals surface area contributed by atoms with Gasteiger partial charge in [-0.25, -0.2) is 0 Å². The Morgan fingerprint density at radius 1 is 1.46 bits per heavy atom. The smallest absolute Gasteiger partial charge is 0.125 e. The Morgan fingerprint density at radius 2 is 2.31 bits per heavy atom. The molecule has 0 aliphatic rings. The number of benzene rings is 1. The van der Waals surface area contributed by atoms with Crippen molar-refractivity contribution in [2.75, 3.05) is 0 Å². The molecule has 0 radical (unpaired) electrons. The third-order valence-electron chi connectivity index (χ3n) is 1.83. The zero-order valence-corrected chi connectivity index (χ0v) is 8.36. The van der Waals surface area contributed by atoms with Crippen molar-refractivity contribution < 1.29 is 4.79 Å². The van der Waals surface area contributed by atoms with E-state index in [4.69, 9.17) is 11.6 Å².